The van der Waals surface area contributed by atoms with E-state index in [0.717, 1.165) is 13.1 Å². The van der Waals surface area contributed by atoms with Gasteiger partial charge in [-0.2, -0.15) is 0 Å². The molecule has 1 aromatic heterocycles. The minimum absolute atomic E-state index is 0.372. The van der Waals surface area contributed by atoms with Gasteiger partial charge in [-0.1, -0.05) is 38.1 Å². The van der Waals surface area contributed by atoms with Crippen LogP contribution in [-0.4, -0.2) is 4.57 Å². The van der Waals surface area contributed by atoms with Gasteiger partial charge in [0.15, 0.2) is 0 Å². The first-order chi connectivity index (χ1) is 9.61. The molecule has 0 aliphatic heterocycles. The van der Waals surface area contributed by atoms with E-state index in [9.17, 15) is 0 Å². The first kappa shape index (κ1) is 14.9. The number of aryl methyl sites for hydroxylation is 1. The third kappa shape index (κ3) is 3.51. The number of hydrogen-bond acceptors (Lipinski definition) is 1. The zero-order chi connectivity index (χ0) is 14.5. The van der Waals surface area contributed by atoms with Crippen LogP contribution in [0.15, 0.2) is 42.6 Å². The summed E-state index contributed by atoms with van der Waals surface area (Å²) >= 11 is 0. The topological polar surface area (TPSA) is 17.0 Å². The fourth-order valence-electron chi connectivity index (χ4n) is 2.46. The fourth-order valence-corrected chi connectivity index (χ4v) is 2.46. The van der Waals surface area contributed by atoms with Gasteiger partial charge in [0.05, 0.1) is 0 Å². The first-order valence-electron chi connectivity index (χ1n) is 7.59. The molecule has 2 rings (SSSR count). The summed E-state index contributed by atoms with van der Waals surface area (Å²) in [7, 11) is 0. The molecule has 2 nitrogen and oxygen atoms in total. The average Bonchev–Trinajstić information content (AvgIpc) is 2.92. The lowest BCUT2D eigenvalue weighted by atomic mass is 9.99. The highest BCUT2D eigenvalue weighted by Crippen LogP contribution is 2.19. The van der Waals surface area contributed by atoms with Crippen LogP contribution in [-0.2, 0) is 13.1 Å². The van der Waals surface area contributed by atoms with Crippen molar-refractivity contribution in [3.8, 4) is 0 Å². The number of rotatable bonds is 6. The summed E-state index contributed by atoms with van der Waals surface area (Å²) in [6.07, 6.45) is 2.14. The Morgan fingerprint density at radius 2 is 1.65 bits per heavy atom. The van der Waals surface area contributed by atoms with Crippen LogP contribution < -0.4 is 5.32 Å². The van der Waals surface area contributed by atoms with Gasteiger partial charge in [-0.15, -0.1) is 0 Å². The van der Waals surface area contributed by atoms with E-state index in [1.807, 2.05) is 0 Å². The molecule has 0 saturated carbocycles. The maximum atomic E-state index is 3.60. The molecule has 0 saturated heterocycles. The van der Waals surface area contributed by atoms with Crippen molar-refractivity contribution in [2.24, 2.45) is 0 Å². The van der Waals surface area contributed by atoms with Crippen LogP contribution in [0.5, 0.6) is 0 Å². The Bertz CT molecular complexity index is 523. The normalized spacial score (nSPS) is 12.8. The zero-order valence-corrected chi connectivity index (χ0v) is 13.1. The van der Waals surface area contributed by atoms with Gasteiger partial charge in [0.2, 0.25) is 0 Å². The summed E-state index contributed by atoms with van der Waals surface area (Å²) < 4.78 is 2.28. The van der Waals surface area contributed by atoms with Crippen LogP contribution in [0.25, 0.3) is 0 Å². The standard InChI is InChI=1S/C18H26N2/c1-5-20-12-6-7-18(20)13-19-15(4)17-10-8-16(9-11-17)14(2)3/h6-12,14-15,19H,5,13H2,1-4H3. The van der Waals surface area contributed by atoms with Gasteiger partial charge in [0, 0.05) is 31.0 Å². The van der Waals surface area contributed by atoms with E-state index in [0.29, 0.717) is 12.0 Å². The molecular weight excluding hydrogens is 244 g/mol. The van der Waals surface area contributed by atoms with Gasteiger partial charge in [-0.3, -0.25) is 0 Å². The van der Waals surface area contributed by atoms with Crippen molar-refractivity contribution in [3.05, 3.63) is 59.4 Å². The summed E-state index contributed by atoms with van der Waals surface area (Å²) in [4.78, 5) is 0. The Labute approximate surface area is 122 Å². The lowest BCUT2D eigenvalue weighted by Crippen LogP contribution is -2.19. The Balaban J connectivity index is 1.96. The average molecular weight is 270 g/mol. The molecule has 1 atom stereocenters. The van der Waals surface area contributed by atoms with Crippen molar-refractivity contribution in [3.63, 3.8) is 0 Å². The van der Waals surface area contributed by atoms with Crippen molar-refractivity contribution < 1.29 is 0 Å². The molecule has 1 N–H and O–H groups in total. The first-order valence-corrected chi connectivity index (χ1v) is 7.59. The third-order valence-corrected chi connectivity index (χ3v) is 3.96. The lowest BCUT2D eigenvalue weighted by molar-refractivity contribution is 0.549. The van der Waals surface area contributed by atoms with E-state index in [2.05, 4.69) is 80.2 Å². The van der Waals surface area contributed by atoms with Gasteiger partial charge in [-0.25, -0.2) is 0 Å². The highest BCUT2D eigenvalue weighted by atomic mass is 15.0. The van der Waals surface area contributed by atoms with E-state index >= 15 is 0 Å². The van der Waals surface area contributed by atoms with E-state index in [-0.39, 0.29) is 0 Å². The Hall–Kier alpha value is -1.54. The summed E-state index contributed by atoms with van der Waals surface area (Å²) in [6.45, 7) is 10.8. The molecule has 0 aliphatic carbocycles. The number of nitrogens with one attached hydrogen (secondary N) is 1. The predicted octanol–water partition coefficient (Wildman–Crippen LogP) is 4.48. The molecule has 108 valence electrons. The molecular formula is C18H26N2. The van der Waals surface area contributed by atoms with Crippen LogP contribution in [0, 0.1) is 0 Å². The molecule has 0 radical (unpaired) electrons. The summed E-state index contributed by atoms with van der Waals surface area (Å²) in [6, 6.07) is 13.6. The molecule has 2 aromatic rings. The molecule has 0 fully saturated rings. The quantitative estimate of drug-likeness (QED) is 0.818. The van der Waals surface area contributed by atoms with Crippen LogP contribution in [0.2, 0.25) is 0 Å². The van der Waals surface area contributed by atoms with Gasteiger partial charge in [0.1, 0.15) is 0 Å². The molecule has 2 heteroatoms. The number of nitrogens with zero attached hydrogens (tertiary/aromatic N) is 1. The monoisotopic (exact) mass is 270 g/mol. The largest absolute Gasteiger partial charge is 0.351 e. The van der Waals surface area contributed by atoms with E-state index in [1.165, 1.54) is 16.8 Å². The second-order valence-corrected chi connectivity index (χ2v) is 5.71. The van der Waals surface area contributed by atoms with Gasteiger partial charge in [0.25, 0.3) is 0 Å². The van der Waals surface area contributed by atoms with Crippen molar-refractivity contribution in [1.82, 2.24) is 9.88 Å². The highest BCUT2D eigenvalue weighted by Gasteiger charge is 2.07. The maximum Gasteiger partial charge on any atom is 0.0364 e. The Morgan fingerprint density at radius 3 is 2.25 bits per heavy atom. The molecule has 0 bridgehead atoms. The van der Waals surface area contributed by atoms with Crippen molar-refractivity contribution >= 4 is 0 Å². The minimum Gasteiger partial charge on any atom is -0.351 e. The van der Waals surface area contributed by atoms with Crippen LogP contribution in [0.1, 0.15) is 56.5 Å². The fraction of sp³-hybridized carbons (Fsp3) is 0.444. The summed E-state index contributed by atoms with van der Waals surface area (Å²) in [5.74, 6) is 0.597. The van der Waals surface area contributed by atoms with E-state index in [1.54, 1.807) is 0 Å². The second-order valence-electron chi connectivity index (χ2n) is 5.71. The molecule has 0 spiro atoms. The van der Waals surface area contributed by atoms with E-state index < -0.39 is 0 Å². The second kappa shape index (κ2) is 6.76. The highest BCUT2D eigenvalue weighted by molar-refractivity contribution is 5.26. The van der Waals surface area contributed by atoms with Gasteiger partial charge >= 0.3 is 0 Å². The summed E-state index contributed by atoms with van der Waals surface area (Å²) in [5, 5.41) is 3.60. The molecule has 1 heterocycles. The maximum absolute atomic E-state index is 3.60. The van der Waals surface area contributed by atoms with E-state index in [4.69, 9.17) is 0 Å². The lowest BCUT2D eigenvalue weighted by Gasteiger charge is -2.16. The molecule has 1 unspecified atom stereocenters. The Kier molecular flexibility index (Phi) is 5.02. The van der Waals surface area contributed by atoms with Crippen LogP contribution >= 0.6 is 0 Å². The molecule has 0 amide bonds. The smallest absolute Gasteiger partial charge is 0.0364 e. The minimum atomic E-state index is 0.372. The molecule has 20 heavy (non-hydrogen) atoms. The zero-order valence-electron chi connectivity index (χ0n) is 13.1. The van der Waals surface area contributed by atoms with Crippen molar-refractivity contribution in [1.29, 1.82) is 0 Å². The number of aromatic nitrogens is 1. The van der Waals surface area contributed by atoms with Gasteiger partial charge < -0.3 is 9.88 Å². The number of benzene rings is 1. The van der Waals surface area contributed by atoms with Crippen molar-refractivity contribution in [2.75, 3.05) is 0 Å². The van der Waals surface area contributed by atoms with Crippen LogP contribution in [0.4, 0.5) is 0 Å². The third-order valence-electron chi connectivity index (χ3n) is 3.96. The van der Waals surface area contributed by atoms with Crippen molar-refractivity contribution in [2.45, 2.75) is 52.7 Å². The van der Waals surface area contributed by atoms with Crippen LogP contribution in [0.3, 0.4) is 0 Å². The SMILES string of the molecule is CCn1cccc1CNC(C)c1ccc(C(C)C)cc1. The predicted molar refractivity (Wildman–Crippen MR) is 85.9 cm³/mol. The number of hydrogen-bond donors (Lipinski definition) is 1. The Morgan fingerprint density at radius 1 is 1.00 bits per heavy atom. The van der Waals surface area contributed by atoms with Gasteiger partial charge in [-0.05, 0) is 43.0 Å². The molecule has 1 aromatic carbocycles. The molecule has 0 aliphatic rings. The summed E-state index contributed by atoms with van der Waals surface area (Å²) in [5.41, 5.74) is 4.10.